The summed E-state index contributed by atoms with van der Waals surface area (Å²) in [4.78, 5) is 47.7. The Morgan fingerprint density at radius 1 is 0.927 bits per heavy atom. The predicted octanol–water partition coefficient (Wildman–Crippen LogP) is 6.00. The van der Waals surface area contributed by atoms with E-state index in [9.17, 15) is 37.8 Å². The van der Waals surface area contributed by atoms with Gasteiger partial charge in [0.2, 0.25) is 0 Å². The summed E-state index contributed by atoms with van der Waals surface area (Å²) in [6.45, 7) is 4.77. The van der Waals surface area contributed by atoms with E-state index in [0.717, 1.165) is 17.7 Å². The van der Waals surface area contributed by atoms with E-state index < -0.39 is 46.1 Å². The smallest absolute Gasteiger partial charge is 0.507 e. The molecule has 2 aliphatic rings. The van der Waals surface area contributed by atoms with E-state index in [1.165, 1.54) is 40.4 Å². The minimum atomic E-state index is -4.88. The minimum absolute atomic E-state index is 0.00798. The molecule has 4 heterocycles. The fourth-order valence-electron chi connectivity index (χ4n) is 7.22. The molecule has 6 aromatic rings. The lowest BCUT2D eigenvalue weighted by atomic mass is 9.71. The molecule has 55 heavy (non-hydrogen) atoms. The number of nitrogens with zero attached hydrogens (tertiary/aromatic N) is 4. The number of aryl methyl sites for hydroxylation is 3. The van der Waals surface area contributed by atoms with E-state index in [2.05, 4.69) is 14.8 Å². The highest BCUT2D eigenvalue weighted by Gasteiger charge is 2.55. The Morgan fingerprint density at radius 2 is 1.62 bits per heavy atom. The number of phenols is 2. The molecule has 0 saturated carbocycles. The first-order valence-electron chi connectivity index (χ1n) is 16.9. The molecule has 13 nitrogen and oxygen atoms in total. The number of aromatic nitrogens is 5. The molecule has 0 amide bonds. The van der Waals surface area contributed by atoms with Crippen molar-refractivity contribution in [2.45, 2.75) is 45.5 Å². The number of pyridine rings is 1. The van der Waals surface area contributed by atoms with Crippen molar-refractivity contribution < 1.29 is 42.4 Å². The van der Waals surface area contributed by atoms with Crippen LogP contribution in [-0.4, -0.2) is 53.8 Å². The molecule has 0 spiro atoms. The first kappa shape index (κ1) is 35.2. The van der Waals surface area contributed by atoms with Gasteiger partial charge in [0, 0.05) is 18.2 Å². The standard InChI is InChI=1S/C39H30F3N5O8/c1-18-31(48)29(25-14-13-24-35(43-25)46(37(52)44-36(24)51)16-15-20-5-9-22(53-4)10-6-20)33-30(32(18)49)38(3)27(54-33)17-26-28(34(38)50)19(2)45-47(26)21-7-11-23(12-8-21)55-39(40,41)42/h5-14,17,48-49H,15-16H2,1-4H3,(H,44,51,52)/t38-/m0/s1. The van der Waals surface area contributed by atoms with Crippen molar-refractivity contribution in [2.24, 2.45) is 0 Å². The lowest BCUT2D eigenvalue weighted by Gasteiger charge is -2.27. The van der Waals surface area contributed by atoms with Gasteiger partial charge < -0.3 is 24.4 Å². The summed E-state index contributed by atoms with van der Waals surface area (Å²) >= 11 is 0. The highest BCUT2D eigenvalue weighted by molar-refractivity contribution is 6.14. The zero-order chi connectivity index (χ0) is 39.1. The maximum Gasteiger partial charge on any atom is 0.573 e. The highest BCUT2D eigenvalue weighted by Crippen LogP contribution is 2.60. The number of ketones is 1. The van der Waals surface area contributed by atoms with Crippen LogP contribution in [0.1, 0.15) is 45.4 Å². The Balaban J connectivity index is 1.24. The number of benzene rings is 3. The second-order valence-electron chi connectivity index (χ2n) is 13.3. The third kappa shape index (κ3) is 5.51. The van der Waals surface area contributed by atoms with Crippen molar-refractivity contribution in [3.05, 3.63) is 121 Å². The third-order valence-electron chi connectivity index (χ3n) is 10.1. The van der Waals surface area contributed by atoms with Crippen molar-refractivity contribution >= 4 is 22.9 Å². The molecule has 3 aromatic carbocycles. The van der Waals surface area contributed by atoms with Gasteiger partial charge >= 0.3 is 12.1 Å². The van der Waals surface area contributed by atoms with Gasteiger partial charge in [0.15, 0.2) is 5.78 Å². The Hall–Kier alpha value is -6.84. The molecule has 8 rings (SSSR count). The van der Waals surface area contributed by atoms with Crippen LogP contribution in [0.5, 0.6) is 28.7 Å². The topological polar surface area (TPSA) is 171 Å². The number of hydrogen-bond acceptors (Lipinski definition) is 10. The van der Waals surface area contributed by atoms with Gasteiger partial charge in [-0.2, -0.15) is 5.10 Å². The van der Waals surface area contributed by atoms with Crippen LogP contribution in [0.15, 0.2) is 76.0 Å². The molecule has 3 N–H and O–H groups in total. The molecule has 280 valence electrons. The van der Waals surface area contributed by atoms with E-state index in [1.807, 2.05) is 12.1 Å². The van der Waals surface area contributed by atoms with Gasteiger partial charge in [-0.3, -0.25) is 19.1 Å². The maximum atomic E-state index is 14.6. The number of alkyl halides is 3. The number of ether oxygens (including phenoxy) is 3. The average molecular weight is 754 g/mol. The van der Waals surface area contributed by atoms with Crippen LogP contribution in [0.25, 0.3) is 34.1 Å². The van der Waals surface area contributed by atoms with Crippen LogP contribution in [-0.2, 0) is 18.4 Å². The quantitative estimate of drug-likeness (QED) is 0.176. The van der Waals surface area contributed by atoms with Gasteiger partial charge in [-0.25, -0.2) is 14.5 Å². The highest BCUT2D eigenvalue weighted by atomic mass is 19.4. The summed E-state index contributed by atoms with van der Waals surface area (Å²) < 4.78 is 56.6. The van der Waals surface area contributed by atoms with Crippen molar-refractivity contribution in [3.8, 4) is 45.7 Å². The van der Waals surface area contributed by atoms with Crippen molar-refractivity contribution in [3.63, 3.8) is 0 Å². The second kappa shape index (κ2) is 12.4. The van der Waals surface area contributed by atoms with E-state index in [-0.39, 0.29) is 62.7 Å². The zero-order valence-electron chi connectivity index (χ0n) is 29.5. The van der Waals surface area contributed by atoms with E-state index >= 15 is 0 Å². The van der Waals surface area contributed by atoms with Gasteiger partial charge in [-0.1, -0.05) is 12.1 Å². The fraction of sp³-hybridized carbons (Fsp3) is 0.205. The number of fused-ring (bicyclic) bond motifs is 5. The minimum Gasteiger partial charge on any atom is -0.507 e. The first-order valence-corrected chi connectivity index (χ1v) is 16.9. The third-order valence-corrected chi connectivity index (χ3v) is 10.1. The summed E-state index contributed by atoms with van der Waals surface area (Å²) in [5, 5.41) is 27.7. The van der Waals surface area contributed by atoms with Crippen LogP contribution < -0.4 is 25.5 Å². The molecule has 0 saturated heterocycles. The second-order valence-corrected chi connectivity index (χ2v) is 13.3. The van der Waals surface area contributed by atoms with E-state index in [0.29, 0.717) is 23.6 Å². The van der Waals surface area contributed by atoms with Gasteiger partial charge in [-0.15, -0.1) is 13.2 Å². The molecule has 3 aromatic heterocycles. The number of aromatic amines is 1. The normalized spacial score (nSPS) is 16.0. The van der Waals surface area contributed by atoms with Gasteiger partial charge in [0.05, 0.1) is 52.0 Å². The SMILES string of the molecule is COc1ccc(CCn2c(=O)[nH]c(=O)c3ccc(-c4c(O)c(C)c(O)c5c4OC4=Cc6c(c(C)nn6-c6ccc(OC(F)(F)F)cc6)C(=O)[C@@]45C)nc32)cc1. The number of H-pyrrole nitrogens is 1. The average Bonchev–Trinajstić information content (AvgIpc) is 3.64. The van der Waals surface area contributed by atoms with Crippen molar-refractivity contribution in [1.29, 1.82) is 0 Å². The number of rotatable bonds is 7. The summed E-state index contributed by atoms with van der Waals surface area (Å²) in [6.07, 6.45) is -2.93. The number of nitrogens with one attached hydrogen (secondary N) is 1. The number of allylic oxidation sites excluding steroid dienone is 1. The van der Waals surface area contributed by atoms with E-state index in [1.54, 1.807) is 39.2 Å². The zero-order valence-corrected chi connectivity index (χ0v) is 29.5. The van der Waals surface area contributed by atoms with Crippen LogP contribution >= 0.6 is 0 Å². The van der Waals surface area contributed by atoms with Crippen LogP contribution in [0.4, 0.5) is 13.2 Å². The van der Waals surface area contributed by atoms with Crippen molar-refractivity contribution in [1.82, 2.24) is 24.3 Å². The summed E-state index contributed by atoms with van der Waals surface area (Å²) in [7, 11) is 1.56. The lowest BCUT2D eigenvalue weighted by Crippen LogP contribution is -2.36. The summed E-state index contributed by atoms with van der Waals surface area (Å²) in [5.41, 5.74) is -0.762. The predicted molar refractivity (Wildman–Crippen MR) is 192 cm³/mol. The number of carbonyl (C=O) groups is 1. The number of Topliss-reactive ketones (excluding diaryl/α,β-unsaturated/α-hetero) is 1. The number of hydrogen-bond donors (Lipinski definition) is 3. The van der Waals surface area contributed by atoms with Crippen molar-refractivity contribution in [2.75, 3.05) is 7.11 Å². The molecule has 0 radical (unpaired) electrons. The first-order chi connectivity index (χ1) is 26.1. The lowest BCUT2D eigenvalue weighted by molar-refractivity contribution is -0.274. The molecule has 1 aliphatic carbocycles. The molecule has 1 atom stereocenters. The van der Waals surface area contributed by atoms with Gasteiger partial charge in [0.1, 0.15) is 45.6 Å². The number of methoxy groups -OCH3 is 1. The van der Waals surface area contributed by atoms with Crippen LogP contribution in [0, 0.1) is 13.8 Å². The number of aromatic hydroxyl groups is 2. The largest absolute Gasteiger partial charge is 0.573 e. The number of halogens is 3. The van der Waals surface area contributed by atoms with Gasteiger partial charge in [0.25, 0.3) is 5.56 Å². The molecule has 16 heteroatoms. The molecule has 1 aliphatic heterocycles. The Labute approximate surface area is 308 Å². The van der Waals surface area contributed by atoms with Crippen LogP contribution in [0.3, 0.4) is 0 Å². The molecule has 0 fully saturated rings. The summed E-state index contributed by atoms with van der Waals surface area (Å²) in [5.74, 6) is -1.05. The van der Waals surface area contributed by atoms with Crippen LogP contribution in [0.2, 0.25) is 0 Å². The van der Waals surface area contributed by atoms with Gasteiger partial charge in [-0.05, 0) is 81.3 Å². The molecule has 0 bridgehead atoms. The Kier molecular flexibility index (Phi) is 7.91. The molecular formula is C39H30F3N5O8. The Morgan fingerprint density at radius 3 is 2.29 bits per heavy atom. The number of carbonyl (C=O) groups excluding carboxylic acids is 1. The molecule has 0 unspecified atom stereocenters. The fourth-order valence-corrected chi connectivity index (χ4v) is 7.22. The number of phenolic OH excluding ortho intramolecular Hbond substituents is 2. The summed E-state index contributed by atoms with van der Waals surface area (Å²) in [6, 6.07) is 15.2. The maximum absolute atomic E-state index is 14.6. The monoisotopic (exact) mass is 753 g/mol. The molecular weight excluding hydrogens is 723 g/mol. The Bertz CT molecular complexity index is 2750. The van der Waals surface area contributed by atoms with E-state index in [4.69, 9.17) is 14.5 Å².